The van der Waals surface area contributed by atoms with Crippen molar-refractivity contribution >= 4 is 8.56 Å². The van der Waals surface area contributed by atoms with Crippen LogP contribution < -0.4 is 5.73 Å². The normalized spacial score (nSPS) is 19.4. The third-order valence-electron chi connectivity index (χ3n) is 3.65. The highest BCUT2D eigenvalue weighted by atomic mass is 28.4. The number of rotatable bonds is 6. The molecule has 0 spiro atoms. The van der Waals surface area contributed by atoms with Crippen LogP contribution in [-0.2, 0) is 8.85 Å². The van der Waals surface area contributed by atoms with Crippen molar-refractivity contribution in [2.45, 2.75) is 50.1 Å². The van der Waals surface area contributed by atoms with Gasteiger partial charge in [0.2, 0.25) is 0 Å². The van der Waals surface area contributed by atoms with E-state index >= 15 is 0 Å². The van der Waals surface area contributed by atoms with Gasteiger partial charge >= 0.3 is 8.56 Å². The molecule has 0 aromatic rings. The third-order valence-corrected chi connectivity index (χ3v) is 7.90. The molecule has 4 heteroatoms. The fourth-order valence-corrected chi connectivity index (χ4v) is 6.35. The topological polar surface area (TPSA) is 44.5 Å². The molecular weight excluding hydrogens is 206 g/mol. The summed E-state index contributed by atoms with van der Waals surface area (Å²) in [5, 5.41) is 0. The average Bonchev–Trinajstić information content (AvgIpc) is 2.33. The lowest BCUT2D eigenvalue weighted by atomic mass is 10.0. The Morgan fingerprint density at radius 3 is 2.20 bits per heavy atom. The van der Waals surface area contributed by atoms with E-state index < -0.39 is 8.56 Å². The van der Waals surface area contributed by atoms with Crippen molar-refractivity contribution in [1.82, 2.24) is 0 Å². The van der Waals surface area contributed by atoms with Crippen LogP contribution in [0.15, 0.2) is 0 Å². The van der Waals surface area contributed by atoms with Crippen molar-refractivity contribution in [2.75, 3.05) is 20.8 Å². The van der Waals surface area contributed by atoms with E-state index in [0.717, 1.165) is 19.0 Å². The molecule has 0 saturated heterocycles. The van der Waals surface area contributed by atoms with Gasteiger partial charge < -0.3 is 14.6 Å². The van der Waals surface area contributed by atoms with Crippen molar-refractivity contribution in [3.05, 3.63) is 0 Å². The standard InChI is InChI=1S/C11H25NO2Si/c1-13-15(14-2,10-6-9-12)11-7-4-3-5-8-11/h11H,3-10,12H2,1-2H3. The molecule has 0 amide bonds. The molecular formula is C11H25NO2Si. The van der Waals surface area contributed by atoms with E-state index in [9.17, 15) is 0 Å². The van der Waals surface area contributed by atoms with Crippen LogP contribution in [0, 0.1) is 0 Å². The van der Waals surface area contributed by atoms with E-state index in [0.29, 0.717) is 5.54 Å². The molecule has 0 aliphatic heterocycles. The summed E-state index contributed by atoms with van der Waals surface area (Å²) in [6, 6.07) is 1.06. The van der Waals surface area contributed by atoms with Crippen molar-refractivity contribution in [1.29, 1.82) is 0 Å². The van der Waals surface area contributed by atoms with Gasteiger partial charge in [-0.15, -0.1) is 0 Å². The van der Waals surface area contributed by atoms with E-state index in [1.165, 1.54) is 32.1 Å². The van der Waals surface area contributed by atoms with Gasteiger partial charge in [-0.25, -0.2) is 0 Å². The molecule has 2 N–H and O–H groups in total. The maximum Gasteiger partial charge on any atom is 0.340 e. The third kappa shape index (κ3) is 3.28. The zero-order valence-corrected chi connectivity index (χ0v) is 11.1. The van der Waals surface area contributed by atoms with Crippen LogP contribution >= 0.6 is 0 Å². The van der Waals surface area contributed by atoms with E-state index in [-0.39, 0.29) is 0 Å². The maximum atomic E-state index is 5.79. The second-order valence-electron chi connectivity index (χ2n) is 4.45. The average molecular weight is 231 g/mol. The first-order valence-corrected chi connectivity index (χ1v) is 8.19. The second kappa shape index (κ2) is 6.63. The van der Waals surface area contributed by atoms with Crippen molar-refractivity contribution in [3.8, 4) is 0 Å². The molecule has 0 bridgehead atoms. The zero-order chi connectivity index (χ0) is 11.1. The summed E-state index contributed by atoms with van der Waals surface area (Å²) in [4.78, 5) is 0. The summed E-state index contributed by atoms with van der Waals surface area (Å²) in [6.07, 6.45) is 7.68. The first kappa shape index (κ1) is 13.2. The summed E-state index contributed by atoms with van der Waals surface area (Å²) >= 11 is 0. The van der Waals surface area contributed by atoms with Crippen LogP contribution in [-0.4, -0.2) is 29.3 Å². The molecule has 1 saturated carbocycles. The first-order valence-electron chi connectivity index (χ1n) is 6.09. The summed E-state index contributed by atoms with van der Waals surface area (Å²) < 4.78 is 11.6. The van der Waals surface area contributed by atoms with Crippen molar-refractivity contribution < 1.29 is 8.85 Å². The van der Waals surface area contributed by atoms with E-state index in [1.54, 1.807) is 0 Å². The highest BCUT2D eigenvalue weighted by molar-refractivity contribution is 6.69. The molecule has 1 aliphatic rings. The van der Waals surface area contributed by atoms with Gasteiger partial charge in [0, 0.05) is 19.8 Å². The van der Waals surface area contributed by atoms with E-state index in [1.807, 2.05) is 14.2 Å². The molecule has 90 valence electrons. The Hall–Kier alpha value is 0.0969. The Balaban J connectivity index is 2.59. The van der Waals surface area contributed by atoms with Gasteiger partial charge in [0.25, 0.3) is 0 Å². The molecule has 1 rings (SSSR count). The smallest absolute Gasteiger partial charge is 0.340 e. The lowest BCUT2D eigenvalue weighted by Crippen LogP contribution is -2.46. The van der Waals surface area contributed by atoms with Crippen LogP contribution in [0.25, 0.3) is 0 Å². The van der Waals surface area contributed by atoms with Gasteiger partial charge in [0.05, 0.1) is 0 Å². The van der Waals surface area contributed by atoms with Gasteiger partial charge in [-0.05, 0) is 31.9 Å². The summed E-state index contributed by atoms with van der Waals surface area (Å²) in [5.74, 6) is 0. The highest BCUT2D eigenvalue weighted by Crippen LogP contribution is 2.40. The number of nitrogens with two attached hydrogens (primary N) is 1. The quantitative estimate of drug-likeness (QED) is 0.714. The molecule has 1 aliphatic carbocycles. The Labute approximate surface area is 94.6 Å². The fourth-order valence-electron chi connectivity index (χ4n) is 2.72. The Bertz CT molecular complexity index is 168. The first-order chi connectivity index (χ1) is 7.29. The van der Waals surface area contributed by atoms with Crippen LogP contribution in [0.2, 0.25) is 11.6 Å². The number of hydrogen-bond donors (Lipinski definition) is 1. The zero-order valence-electron chi connectivity index (χ0n) is 10.1. The van der Waals surface area contributed by atoms with Gasteiger partial charge in [-0.3, -0.25) is 0 Å². The molecule has 0 heterocycles. The number of hydrogen-bond acceptors (Lipinski definition) is 3. The van der Waals surface area contributed by atoms with Crippen LogP contribution in [0.4, 0.5) is 0 Å². The highest BCUT2D eigenvalue weighted by Gasteiger charge is 2.43. The minimum Gasteiger partial charge on any atom is -0.397 e. The minimum absolute atomic E-state index is 0.688. The molecule has 0 aromatic carbocycles. The predicted octanol–water partition coefficient (Wildman–Crippen LogP) is 2.40. The molecule has 0 atom stereocenters. The van der Waals surface area contributed by atoms with Crippen LogP contribution in [0.1, 0.15) is 38.5 Å². The largest absolute Gasteiger partial charge is 0.397 e. The maximum absolute atomic E-state index is 5.79. The van der Waals surface area contributed by atoms with Crippen molar-refractivity contribution in [2.24, 2.45) is 5.73 Å². The lowest BCUT2D eigenvalue weighted by Gasteiger charge is -2.37. The van der Waals surface area contributed by atoms with Gasteiger partial charge in [0.15, 0.2) is 0 Å². The van der Waals surface area contributed by atoms with Crippen LogP contribution in [0.3, 0.4) is 0 Å². The van der Waals surface area contributed by atoms with Gasteiger partial charge in [-0.2, -0.15) is 0 Å². The molecule has 0 aromatic heterocycles. The van der Waals surface area contributed by atoms with E-state index in [2.05, 4.69) is 0 Å². The van der Waals surface area contributed by atoms with Gasteiger partial charge in [-0.1, -0.05) is 19.3 Å². The summed E-state index contributed by atoms with van der Waals surface area (Å²) in [6.45, 7) is 0.744. The second-order valence-corrected chi connectivity index (χ2v) is 8.20. The van der Waals surface area contributed by atoms with Crippen molar-refractivity contribution in [3.63, 3.8) is 0 Å². The molecule has 15 heavy (non-hydrogen) atoms. The fraction of sp³-hybridized carbons (Fsp3) is 1.00. The summed E-state index contributed by atoms with van der Waals surface area (Å²) in [7, 11) is 1.70. The Morgan fingerprint density at radius 2 is 1.73 bits per heavy atom. The van der Waals surface area contributed by atoms with Gasteiger partial charge in [0.1, 0.15) is 0 Å². The predicted molar refractivity (Wildman–Crippen MR) is 65.1 cm³/mol. The Kier molecular flexibility index (Phi) is 5.82. The monoisotopic (exact) mass is 231 g/mol. The molecule has 0 radical (unpaired) electrons. The SMILES string of the molecule is CO[Si](CCCN)(OC)C1CCCCC1. The van der Waals surface area contributed by atoms with Crippen LogP contribution in [0.5, 0.6) is 0 Å². The lowest BCUT2D eigenvalue weighted by molar-refractivity contribution is 0.215. The Morgan fingerprint density at radius 1 is 1.13 bits per heavy atom. The van der Waals surface area contributed by atoms with E-state index in [4.69, 9.17) is 14.6 Å². The minimum atomic E-state index is -1.94. The molecule has 1 fully saturated rings. The molecule has 0 unspecified atom stereocenters. The molecule has 3 nitrogen and oxygen atoms in total. The summed E-state index contributed by atoms with van der Waals surface area (Å²) in [5.41, 5.74) is 6.27.